The van der Waals surface area contributed by atoms with Crippen LogP contribution in [0.4, 0.5) is 15.8 Å². The molecule has 2 amide bonds. The summed E-state index contributed by atoms with van der Waals surface area (Å²) < 4.78 is 19.1. The third-order valence-electron chi connectivity index (χ3n) is 5.68. The van der Waals surface area contributed by atoms with Gasteiger partial charge in [-0.1, -0.05) is 37.3 Å². The molecule has 0 bridgehead atoms. The van der Waals surface area contributed by atoms with Crippen molar-refractivity contribution in [2.75, 3.05) is 16.8 Å². The number of fused-ring (bicyclic) bond motifs is 1. The minimum atomic E-state index is -0.670. The maximum atomic E-state index is 13.2. The van der Waals surface area contributed by atoms with Crippen molar-refractivity contribution < 1.29 is 18.7 Å². The number of rotatable bonds is 6. The molecule has 4 aromatic rings. The summed E-state index contributed by atoms with van der Waals surface area (Å²) in [5.74, 6) is -0.530. The van der Waals surface area contributed by atoms with Crippen LogP contribution < -0.4 is 15.0 Å². The molecule has 0 saturated heterocycles. The second-order valence-electron chi connectivity index (χ2n) is 8.08. The van der Waals surface area contributed by atoms with Gasteiger partial charge in [-0.15, -0.1) is 11.3 Å². The molecule has 1 atom stereocenters. The predicted molar refractivity (Wildman–Crippen MR) is 135 cm³/mol. The number of halogens is 1. The Hall–Kier alpha value is -4.04. The lowest BCUT2D eigenvalue weighted by Gasteiger charge is -2.34. The summed E-state index contributed by atoms with van der Waals surface area (Å²) in [6.45, 7) is 1.66. The summed E-state index contributed by atoms with van der Waals surface area (Å²) in [6, 6.07) is 20.9. The van der Waals surface area contributed by atoms with E-state index in [0.717, 1.165) is 21.8 Å². The van der Waals surface area contributed by atoms with Crippen LogP contribution in [0.2, 0.25) is 0 Å². The average Bonchev–Trinajstić information content (AvgIpc) is 3.38. The Morgan fingerprint density at radius 2 is 1.86 bits per heavy atom. The van der Waals surface area contributed by atoms with Gasteiger partial charge in [0.05, 0.1) is 11.4 Å². The lowest BCUT2D eigenvalue weighted by molar-refractivity contribution is -0.128. The first-order valence-electron chi connectivity index (χ1n) is 11.2. The van der Waals surface area contributed by atoms with E-state index in [1.54, 1.807) is 0 Å². The van der Waals surface area contributed by atoms with E-state index in [4.69, 9.17) is 9.72 Å². The number of thiazole rings is 1. The van der Waals surface area contributed by atoms with E-state index in [9.17, 15) is 14.0 Å². The number of carbonyl (C=O) groups excluding carboxylic acids is 2. The van der Waals surface area contributed by atoms with Crippen molar-refractivity contribution in [1.82, 2.24) is 4.98 Å². The fourth-order valence-electron chi connectivity index (χ4n) is 3.90. The molecule has 176 valence electrons. The van der Waals surface area contributed by atoms with Gasteiger partial charge in [0.15, 0.2) is 6.10 Å². The number of amides is 2. The zero-order valence-electron chi connectivity index (χ0n) is 18.9. The number of aromatic nitrogens is 1. The zero-order chi connectivity index (χ0) is 24.4. The van der Waals surface area contributed by atoms with E-state index < -0.39 is 17.8 Å². The number of hydrogen-bond acceptors (Lipinski definition) is 5. The number of carbonyl (C=O) groups is 2. The summed E-state index contributed by atoms with van der Waals surface area (Å²) in [6.07, 6.45) is -0.196. The summed E-state index contributed by atoms with van der Waals surface area (Å²) >= 11 is 1.54. The quantitative estimate of drug-likeness (QED) is 0.375. The van der Waals surface area contributed by atoms with Crippen molar-refractivity contribution in [3.8, 4) is 27.6 Å². The summed E-state index contributed by atoms with van der Waals surface area (Å²) in [5.41, 5.74) is 3.59. The summed E-state index contributed by atoms with van der Waals surface area (Å²) in [7, 11) is 0. The molecule has 5 rings (SSSR count). The fraction of sp³-hybridized carbons (Fsp3) is 0.148. The van der Waals surface area contributed by atoms with Gasteiger partial charge in [-0.05, 0) is 48.9 Å². The van der Waals surface area contributed by atoms with Gasteiger partial charge in [0, 0.05) is 22.2 Å². The SMILES string of the molecule is CCC1Oc2ccc(-c3csc(-c4ccccc4)n3)cc2N(CC(=O)Nc2ccc(F)cc2)C1=O. The largest absolute Gasteiger partial charge is 0.478 e. The highest BCUT2D eigenvalue weighted by Crippen LogP contribution is 2.39. The van der Waals surface area contributed by atoms with Crippen LogP contribution >= 0.6 is 11.3 Å². The van der Waals surface area contributed by atoms with Gasteiger partial charge in [-0.25, -0.2) is 9.37 Å². The molecule has 1 unspecified atom stereocenters. The molecule has 2 heterocycles. The first-order chi connectivity index (χ1) is 17.0. The van der Waals surface area contributed by atoms with Crippen LogP contribution in [-0.2, 0) is 9.59 Å². The molecule has 0 saturated carbocycles. The smallest absolute Gasteiger partial charge is 0.268 e. The Morgan fingerprint density at radius 1 is 1.09 bits per heavy atom. The topological polar surface area (TPSA) is 71.5 Å². The van der Waals surface area contributed by atoms with E-state index in [1.165, 1.54) is 40.5 Å². The molecule has 0 spiro atoms. The third-order valence-corrected chi connectivity index (χ3v) is 6.57. The molecule has 0 radical (unpaired) electrons. The Balaban J connectivity index is 1.43. The Bertz CT molecular complexity index is 1370. The van der Waals surface area contributed by atoms with Crippen LogP contribution in [0.3, 0.4) is 0 Å². The van der Waals surface area contributed by atoms with Crippen LogP contribution in [0.25, 0.3) is 21.8 Å². The predicted octanol–water partition coefficient (Wildman–Crippen LogP) is 5.76. The highest BCUT2D eigenvalue weighted by molar-refractivity contribution is 7.13. The zero-order valence-corrected chi connectivity index (χ0v) is 19.7. The van der Waals surface area contributed by atoms with Gasteiger partial charge in [0.1, 0.15) is 23.1 Å². The van der Waals surface area contributed by atoms with Crippen LogP contribution in [0.5, 0.6) is 5.75 Å². The van der Waals surface area contributed by atoms with Crippen LogP contribution in [0, 0.1) is 5.82 Å². The summed E-state index contributed by atoms with van der Waals surface area (Å²) in [5, 5.41) is 5.58. The molecule has 35 heavy (non-hydrogen) atoms. The minimum Gasteiger partial charge on any atom is -0.478 e. The Morgan fingerprint density at radius 3 is 2.60 bits per heavy atom. The number of hydrogen-bond donors (Lipinski definition) is 1. The molecular weight excluding hydrogens is 465 g/mol. The lowest BCUT2D eigenvalue weighted by atomic mass is 10.1. The van der Waals surface area contributed by atoms with E-state index in [2.05, 4.69) is 5.32 Å². The van der Waals surface area contributed by atoms with Crippen LogP contribution in [-0.4, -0.2) is 29.4 Å². The monoisotopic (exact) mass is 487 g/mol. The number of benzene rings is 3. The third kappa shape index (κ3) is 4.79. The standard InChI is InChI=1S/C27H22FN3O3S/c1-2-23-27(33)31(15-25(32)29-20-11-9-19(28)10-12-20)22-14-18(8-13-24(22)34-23)21-16-35-26(30-21)17-6-4-3-5-7-17/h3-14,16,23H,2,15H2,1H3,(H,29,32). The van der Waals surface area contributed by atoms with Crippen LogP contribution in [0.15, 0.2) is 78.2 Å². The molecule has 1 aliphatic heterocycles. The van der Waals surface area contributed by atoms with Crippen molar-refractivity contribution in [3.63, 3.8) is 0 Å². The molecule has 8 heteroatoms. The Kier molecular flexibility index (Phi) is 6.29. The van der Waals surface area contributed by atoms with Gasteiger partial charge in [-0.3, -0.25) is 14.5 Å². The van der Waals surface area contributed by atoms with Crippen molar-refractivity contribution in [1.29, 1.82) is 0 Å². The van der Waals surface area contributed by atoms with Crippen molar-refractivity contribution in [3.05, 3.63) is 84.0 Å². The molecule has 6 nitrogen and oxygen atoms in total. The van der Waals surface area contributed by atoms with Crippen LogP contribution in [0.1, 0.15) is 13.3 Å². The number of nitrogens with zero attached hydrogens (tertiary/aromatic N) is 2. The highest BCUT2D eigenvalue weighted by Gasteiger charge is 2.34. The molecule has 3 aromatic carbocycles. The Labute approximate surface area is 206 Å². The van der Waals surface area contributed by atoms with E-state index in [-0.39, 0.29) is 12.5 Å². The molecule has 0 aliphatic carbocycles. The first-order valence-corrected chi connectivity index (χ1v) is 12.1. The molecule has 1 aromatic heterocycles. The fourth-order valence-corrected chi connectivity index (χ4v) is 4.74. The summed E-state index contributed by atoms with van der Waals surface area (Å²) in [4.78, 5) is 32.1. The number of ether oxygens (including phenoxy) is 1. The van der Waals surface area contributed by atoms with E-state index in [0.29, 0.717) is 23.5 Å². The molecule has 1 N–H and O–H groups in total. The maximum Gasteiger partial charge on any atom is 0.268 e. The van der Waals surface area contributed by atoms with Crippen molar-refractivity contribution in [2.45, 2.75) is 19.4 Å². The van der Waals surface area contributed by atoms with E-state index in [1.807, 2.05) is 60.8 Å². The van der Waals surface area contributed by atoms with Crippen molar-refractivity contribution in [2.24, 2.45) is 0 Å². The average molecular weight is 488 g/mol. The lowest BCUT2D eigenvalue weighted by Crippen LogP contribution is -2.48. The molecule has 0 fully saturated rings. The van der Waals surface area contributed by atoms with Gasteiger partial charge in [-0.2, -0.15) is 0 Å². The maximum absolute atomic E-state index is 13.2. The number of anilines is 2. The minimum absolute atomic E-state index is 0.196. The normalized spacial score (nSPS) is 14.9. The van der Waals surface area contributed by atoms with Crippen molar-refractivity contribution >= 4 is 34.5 Å². The van der Waals surface area contributed by atoms with Gasteiger partial charge in [0.25, 0.3) is 5.91 Å². The molecular formula is C27H22FN3O3S. The second kappa shape index (κ2) is 9.68. The number of nitrogens with one attached hydrogen (secondary N) is 1. The highest BCUT2D eigenvalue weighted by atomic mass is 32.1. The van der Waals surface area contributed by atoms with Gasteiger partial charge >= 0.3 is 0 Å². The second-order valence-corrected chi connectivity index (χ2v) is 8.94. The first kappa shape index (κ1) is 22.7. The molecule has 1 aliphatic rings. The van der Waals surface area contributed by atoms with Gasteiger partial charge in [0.2, 0.25) is 5.91 Å². The van der Waals surface area contributed by atoms with E-state index >= 15 is 0 Å². The van der Waals surface area contributed by atoms with Gasteiger partial charge < -0.3 is 10.1 Å².